The Hall–Kier alpha value is -5.15. The molecule has 9 heteroatoms. The van der Waals surface area contributed by atoms with Gasteiger partial charge in [-0.3, -0.25) is 24.0 Å². The summed E-state index contributed by atoms with van der Waals surface area (Å²) in [5.41, 5.74) is 11.0. The van der Waals surface area contributed by atoms with Gasteiger partial charge in [0.05, 0.1) is 12.1 Å². The normalized spacial score (nSPS) is 13.2. The van der Waals surface area contributed by atoms with Crippen LogP contribution in [0.1, 0.15) is 21.5 Å². The first-order chi connectivity index (χ1) is 20.4. The van der Waals surface area contributed by atoms with Gasteiger partial charge in [0, 0.05) is 37.6 Å². The predicted molar refractivity (Wildman–Crippen MR) is 162 cm³/mol. The molecule has 0 aliphatic carbocycles. The molecular formula is C33H29FN6O2. The Labute approximate surface area is 242 Å². The average Bonchev–Trinajstić information content (AvgIpc) is 3.35. The minimum atomic E-state index is -0.375. The first kappa shape index (κ1) is 27.0. The van der Waals surface area contributed by atoms with Gasteiger partial charge in [-0.1, -0.05) is 60.7 Å². The molecule has 3 N–H and O–H groups in total. The number of carbonyl (C=O) groups excluding carboxylic acids is 1. The molecule has 0 saturated carbocycles. The van der Waals surface area contributed by atoms with Crippen LogP contribution in [-0.2, 0) is 20.0 Å². The Morgan fingerprint density at radius 3 is 2.40 bits per heavy atom. The summed E-state index contributed by atoms with van der Waals surface area (Å²) in [5.74, 6) is -0.328. The van der Waals surface area contributed by atoms with Gasteiger partial charge >= 0.3 is 0 Å². The lowest BCUT2D eigenvalue weighted by molar-refractivity contribution is 0.0997. The second-order valence-corrected chi connectivity index (χ2v) is 10.3. The van der Waals surface area contributed by atoms with Crippen LogP contribution in [0, 0.1) is 5.82 Å². The number of hydrogen-bond acceptors (Lipinski definition) is 6. The SMILES string of the molecule is Cn1c(NC[C@@H](N)Cc2ccccc2)nc(-c2ccncc2)c(N2Cc3cccc(-c4ccc(F)cc4)c3C2=O)c1=O. The maximum Gasteiger partial charge on any atom is 0.279 e. The fourth-order valence-electron chi connectivity index (χ4n) is 5.33. The third kappa shape index (κ3) is 5.17. The zero-order valence-electron chi connectivity index (χ0n) is 23.0. The molecule has 3 heterocycles. The molecule has 1 aliphatic rings. The number of anilines is 2. The summed E-state index contributed by atoms with van der Waals surface area (Å²) in [6, 6.07) is 24.8. The molecule has 5 aromatic rings. The van der Waals surface area contributed by atoms with Crippen molar-refractivity contribution in [3.8, 4) is 22.4 Å². The van der Waals surface area contributed by atoms with Crippen molar-refractivity contribution in [1.29, 1.82) is 0 Å². The number of hydrogen-bond donors (Lipinski definition) is 2. The monoisotopic (exact) mass is 560 g/mol. The molecule has 0 radical (unpaired) electrons. The average molecular weight is 561 g/mol. The van der Waals surface area contributed by atoms with Crippen molar-refractivity contribution in [2.45, 2.75) is 19.0 Å². The Kier molecular flexibility index (Phi) is 7.33. The van der Waals surface area contributed by atoms with Gasteiger partial charge in [0.25, 0.3) is 11.5 Å². The van der Waals surface area contributed by atoms with Crippen molar-refractivity contribution in [2.75, 3.05) is 16.8 Å². The molecule has 42 heavy (non-hydrogen) atoms. The molecule has 0 unspecified atom stereocenters. The van der Waals surface area contributed by atoms with Crippen LogP contribution in [0.3, 0.4) is 0 Å². The number of fused-ring (bicyclic) bond motifs is 1. The number of nitrogens with zero attached hydrogens (tertiary/aromatic N) is 4. The maximum absolute atomic E-state index is 14.0. The molecule has 210 valence electrons. The minimum Gasteiger partial charge on any atom is -0.354 e. The van der Waals surface area contributed by atoms with E-state index in [9.17, 15) is 14.0 Å². The Bertz CT molecular complexity index is 1810. The van der Waals surface area contributed by atoms with Crippen LogP contribution in [0.2, 0.25) is 0 Å². The minimum absolute atomic E-state index is 0.175. The highest BCUT2D eigenvalue weighted by molar-refractivity contribution is 6.15. The number of halogens is 1. The van der Waals surface area contributed by atoms with Gasteiger partial charge < -0.3 is 11.1 Å². The number of benzene rings is 3. The zero-order valence-corrected chi connectivity index (χ0v) is 23.0. The number of nitrogens with one attached hydrogen (secondary N) is 1. The summed E-state index contributed by atoms with van der Waals surface area (Å²) in [6.45, 7) is 0.590. The van der Waals surface area contributed by atoms with Gasteiger partial charge in [-0.15, -0.1) is 0 Å². The van der Waals surface area contributed by atoms with E-state index in [0.717, 1.165) is 16.7 Å². The fourth-order valence-corrected chi connectivity index (χ4v) is 5.33. The summed E-state index contributed by atoms with van der Waals surface area (Å²) < 4.78 is 15.0. The number of pyridine rings is 1. The van der Waals surface area contributed by atoms with Gasteiger partial charge in [0.2, 0.25) is 5.95 Å². The Morgan fingerprint density at radius 1 is 0.929 bits per heavy atom. The smallest absolute Gasteiger partial charge is 0.279 e. The van der Waals surface area contributed by atoms with Crippen LogP contribution in [0.15, 0.2) is 102 Å². The van der Waals surface area contributed by atoms with E-state index in [4.69, 9.17) is 10.7 Å². The molecule has 1 amide bonds. The number of amides is 1. The number of rotatable bonds is 8. The Balaban J connectivity index is 1.37. The van der Waals surface area contributed by atoms with Crippen LogP contribution in [0.5, 0.6) is 0 Å². The molecule has 1 atom stereocenters. The van der Waals surface area contributed by atoms with Gasteiger partial charge in [-0.05, 0) is 52.9 Å². The first-order valence-electron chi connectivity index (χ1n) is 13.6. The van der Waals surface area contributed by atoms with Crippen molar-refractivity contribution in [2.24, 2.45) is 12.8 Å². The number of nitrogens with two attached hydrogens (primary N) is 1. The van der Waals surface area contributed by atoms with E-state index in [1.807, 2.05) is 48.5 Å². The maximum atomic E-state index is 14.0. The quantitative estimate of drug-likeness (QED) is 0.283. The lowest BCUT2D eigenvalue weighted by Crippen LogP contribution is -2.36. The van der Waals surface area contributed by atoms with Crippen molar-refractivity contribution in [1.82, 2.24) is 14.5 Å². The second-order valence-electron chi connectivity index (χ2n) is 10.3. The lowest BCUT2D eigenvalue weighted by Gasteiger charge is -2.22. The molecule has 2 aromatic heterocycles. The predicted octanol–water partition coefficient (Wildman–Crippen LogP) is 4.79. The molecular weight excluding hydrogens is 531 g/mol. The fraction of sp³-hybridized carbons (Fsp3) is 0.152. The third-order valence-corrected chi connectivity index (χ3v) is 7.45. The summed E-state index contributed by atoms with van der Waals surface area (Å²) >= 11 is 0. The second kappa shape index (κ2) is 11.4. The van der Waals surface area contributed by atoms with Gasteiger partial charge in [0.15, 0.2) is 0 Å². The summed E-state index contributed by atoms with van der Waals surface area (Å²) in [5, 5.41) is 3.24. The van der Waals surface area contributed by atoms with Gasteiger partial charge in [-0.2, -0.15) is 0 Å². The van der Waals surface area contributed by atoms with Crippen LogP contribution in [0.25, 0.3) is 22.4 Å². The summed E-state index contributed by atoms with van der Waals surface area (Å²) in [7, 11) is 1.62. The van der Waals surface area contributed by atoms with E-state index in [0.29, 0.717) is 41.3 Å². The molecule has 0 spiro atoms. The highest BCUT2D eigenvalue weighted by atomic mass is 19.1. The molecule has 0 saturated heterocycles. The molecule has 3 aromatic carbocycles. The molecule has 1 aliphatic heterocycles. The van der Waals surface area contributed by atoms with Crippen molar-refractivity contribution >= 4 is 17.5 Å². The standard InChI is InChI=1S/C33H29FN6O2/c1-39-32(42)30(40-20-24-8-5-9-27(28(24)31(40)41)22-10-12-25(34)13-11-22)29(23-14-16-36-17-15-23)38-33(39)37-19-26(35)18-21-6-3-2-4-7-21/h2-17,26H,18-20,35H2,1H3,(H,37,38)/t26-/m0/s1. The van der Waals surface area contributed by atoms with E-state index < -0.39 is 0 Å². The van der Waals surface area contributed by atoms with Crippen LogP contribution >= 0.6 is 0 Å². The van der Waals surface area contributed by atoms with Crippen LogP contribution in [-0.4, -0.2) is 33.0 Å². The van der Waals surface area contributed by atoms with Crippen molar-refractivity contribution < 1.29 is 9.18 Å². The highest BCUT2D eigenvalue weighted by Crippen LogP contribution is 2.37. The van der Waals surface area contributed by atoms with Crippen LogP contribution in [0.4, 0.5) is 16.0 Å². The lowest BCUT2D eigenvalue weighted by atomic mass is 9.97. The summed E-state index contributed by atoms with van der Waals surface area (Å²) in [6.07, 6.45) is 3.90. The van der Waals surface area contributed by atoms with Gasteiger partial charge in [-0.25, -0.2) is 9.37 Å². The topological polar surface area (TPSA) is 106 Å². The number of aromatic nitrogens is 3. The third-order valence-electron chi connectivity index (χ3n) is 7.45. The largest absolute Gasteiger partial charge is 0.354 e. The van der Waals surface area contributed by atoms with Gasteiger partial charge in [0.1, 0.15) is 17.2 Å². The van der Waals surface area contributed by atoms with E-state index in [1.54, 1.807) is 43.7 Å². The van der Waals surface area contributed by atoms with Crippen molar-refractivity contribution in [3.63, 3.8) is 0 Å². The number of carbonyl (C=O) groups is 1. The van der Waals surface area contributed by atoms with Crippen LogP contribution < -0.4 is 21.5 Å². The van der Waals surface area contributed by atoms with E-state index >= 15 is 0 Å². The molecule has 8 nitrogen and oxygen atoms in total. The molecule has 6 rings (SSSR count). The van der Waals surface area contributed by atoms with Crippen molar-refractivity contribution in [3.05, 3.63) is 130 Å². The first-order valence-corrected chi connectivity index (χ1v) is 13.6. The van der Waals surface area contributed by atoms with E-state index in [1.165, 1.54) is 21.6 Å². The summed E-state index contributed by atoms with van der Waals surface area (Å²) in [4.78, 5) is 38.4. The van der Waals surface area contributed by atoms with E-state index in [2.05, 4.69) is 10.3 Å². The zero-order chi connectivity index (χ0) is 29.2. The highest BCUT2D eigenvalue weighted by Gasteiger charge is 2.35. The molecule has 0 bridgehead atoms. The Morgan fingerprint density at radius 2 is 1.67 bits per heavy atom. The van der Waals surface area contributed by atoms with E-state index in [-0.39, 0.29) is 35.6 Å². The molecule has 0 fully saturated rings.